The quantitative estimate of drug-likeness (QED) is 0.674. The molecule has 1 amide bonds. The van der Waals surface area contributed by atoms with Gasteiger partial charge in [-0.15, -0.1) is 0 Å². The molecule has 0 aliphatic carbocycles. The van der Waals surface area contributed by atoms with Gasteiger partial charge in [-0.05, 0) is 30.5 Å². The van der Waals surface area contributed by atoms with Crippen LogP contribution in [0.4, 0.5) is 0 Å². The first-order valence-corrected chi connectivity index (χ1v) is 4.64. The molecule has 1 aliphatic rings. The first-order chi connectivity index (χ1) is 6.20. The molecule has 0 atom stereocenters. The molecule has 0 bridgehead atoms. The molecule has 0 radical (unpaired) electrons. The Morgan fingerprint density at radius 1 is 1.46 bits per heavy atom. The predicted molar refractivity (Wildman–Crippen MR) is 52.2 cm³/mol. The number of hydrogen-bond acceptors (Lipinski definition) is 1. The Labute approximate surface area is 81.9 Å². The van der Waals surface area contributed by atoms with E-state index in [0.717, 1.165) is 17.5 Å². The van der Waals surface area contributed by atoms with E-state index in [1.54, 1.807) is 6.07 Å². The smallest absolute Gasteiger partial charge is 0.253 e. The van der Waals surface area contributed by atoms with Crippen molar-refractivity contribution < 1.29 is 4.79 Å². The summed E-state index contributed by atoms with van der Waals surface area (Å²) in [5.74, 6) is -0.0463. The zero-order chi connectivity index (χ0) is 9.42. The number of carbonyl (C=O) groups excluding carboxylic acids is 1. The fourth-order valence-electron chi connectivity index (χ4n) is 1.68. The van der Waals surface area contributed by atoms with E-state index in [1.165, 1.54) is 0 Å². The highest BCUT2D eigenvalue weighted by Crippen LogP contribution is 2.25. The normalized spacial score (nSPS) is 15.1. The molecule has 1 aliphatic heterocycles. The lowest BCUT2D eigenvalue weighted by atomic mass is 9.96. The summed E-state index contributed by atoms with van der Waals surface area (Å²) in [5, 5.41) is 3.34. The third kappa shape index (κ3) is 1.31. The molecule has 2 rings (SSSR count). The molecule has 68 valence electrons. The lowest BCUT2D eigenvalue weighted by molar-refractivity contribution is 0.0946. The van der Waals surface area contributed by atoms with E-state index in [0.29, 0.717) is 17.1 Å². The van der Waals surface area contributed by atoms with Crippen LogP contribution in [0, 0.1) is 6.92 Å². The summed E-state index contributed by atoms with van der Waals surface area (Å²) in [6.07, 6.45) is 0.882. The molecule has 1 aromatic carbocycles. The lowest BCUT2D eigenvalue weighted by Crippen LogP contribution is -2.32. The van der Waals surface area contributed by atoms with Crippen molar-refractivity contribution in [1.82, 2.24) is 5.32 Å². The second-order valence-electron chi connectivity index (χ2n) is 3.22. The maximum Gasteiger partial charge on any atom is 0.253 e. The van der Waals surface area contributed by atoms with Crippen molar-refractivity contribution in [2.24, 2.45) is 0 Å². The summed E-state index contributed by atoms with van der Waals surface area (Å²) in [4.78, 5) is 11.5. The van der Waals surface area contributed by atoms with E-state index in [-0.39, 0.29) is 5.91 Å². The molecular formula is C10H10ClNO. The van der Waals surface area contributed by atoms with Crippen molar-refractivity contribution in [3.63, 3.8) is 0 Å². The van der Waals surface area contributed by atoms with Crippen LogP contribution in [0.1, 0.15) is 21.5 Å². The SMILES string of the molecule is Cc1ccc(Cl)c2c1CCNC2=O. The van der Waals surface area contributed by atoms with Gasteiger partial charge in [-0.2, -0.15) is 0 Å². The minimum atomic E-state index is -0.0463. The van der Waals surface area contributed by atoms with Crippen LogP contribution >= 0.6 is 11.6 Å². The van der Waals surface area contributed by atoms with Crippen molar-refractivity contribution in [1.29, 1.82) is 0 Å². The van der Waals surface area contributed by atoms with E-state index < -0.39 is 0 Å². The van der Waals surface area contributed by atoms with Crippen LogP contribution in [0.25, 0.3) is 0 Å². The van der Waals surface area contributed by atoms with Gasteiger partial charge >= 0.3 is 0 Å². The van der Waals surface area contributed by atoms with E-state index >= 15 is 0 Å². The molecule has 0 saturated carbocycles. The molecule has 0 fully saturated rings. The minimum Gasteiger partial charge on any atom is -0.352 e. The van der Waals surface area contributed by atoms with Gasteiger partial charge in [0.2, 0.25) is 0 Å². The van der Waals surface area contributed by atoms with Gasteiger partial charge in [0.25, 0.3) is 5.91 Å². The number of halogens is 1. The first-order valence-electron chi connectivity index (χ1n) is 4.26. The van der Waals surface area contributed by atoms with Crippen LogP contribution in [-0.4, -0.2) is 12.5 Å². The lowest BCUT2D eigenvalue weighted by Gasteiger charge is -2.19. The molecule has 1 heterocycles. The number of carbonyl (C=O) groups is 1. The van der Waals surface area contributed by atoms with E-state index in [4.69, 9.17) is 11.6 Å². The molecule has 0 unspecified atom stereocenters. The van der Waals surface area contributed by atoms with Gasteiger partial charge in [0, 0.05) is 6.54 Å². The third-order valence-electron chi connectivity index (χ3n) is 2.38. The highest BCUT2D eigenvalue weighted by Gasteiger charge is 2.20. The first kappa shape index (κ1) is 8.57. The second kappa shape index (κ2) is 3.04. The number of rotatable bonds is 0. The van der Waals surface area contributed by atoms with E-state index in [9.17, 15) is 4.79 Å². The zero-order valence-corrected chi connectivity index (χ0v) is 8.11. The fraction of sp³-hybridized carbons (Fsp3) is 0.300. The Hall–Kier alpha value is -1.02. The number of benzene rings is 1. The van der Waals surface area contributed by atoms with Crippen molar-refractivity contribution >= 4 is 17.5 Å². The number of aryl methyl sites for hydroxylation is 1. The number of amides is 1. The van der Waals surface area contributed by atoms with Gasteiger partial charge in [-0.3, -0.25) is 4.79 Å². The highest BCUT2D eigenvalue weighted by molar-refractivity contribution is 6.34. The van der Waals surface area contributed by atoms with E-state index in [1.807, 2.05) is 13.0 Å². The number of hydrogen-bond donors (Lipinski definition) is 1. The monoisotopic (exact) mass is 195 g/mol. The molecule has 2 nitrogen and oxygen atoms in total. The Morgan fingerprint density at radius 2 is 2.23 bits per heavy atom. The van der Waals surface area contributed by atoms with Crippen LogP contribution in [0.15, 0.2) is 12.1 Å². The van der Waals surface area contributed by atoms with Crippen molar-refractivity contribution in [3.8, 4) is 0 Å². The average molecular weight is 196 g/mol. The summed E-state index contributed by atoms with van der Waals surface area (Å²) < 4.78 is 0. The Morgan fingerprint density at radius 3 is 2.92 bits per heavy atom. The molecule has 1 N–H and O–H groups in total. The van der Waals surface area contributed by atoms with Crippen molar-refractivity contribution in [3.05, 3.63) is 33.8 Å². The van der Waals surface area contributed by atoms with Crippen LogP contribution in [0.2, 0.25) is 5.02 Å². The number of fused-ring (bicyclic) bond motifs is 1. The molecule has 1 aromatic rings. The van der Waals surface area contributed by atoms with Crippen LogP contribution in [0.3, 0.4) is 0 Å². The molecule has 13 heavy (non-hydrogen) atoms. The second-order valence-corrected chi connectivity index (χ2v) is 3.63. The molecule has 0 saturated heterocycles. The average Bonchev–Trinajstić information content (AvgIpc) is 2.12. The summed E-state index contributed by atoms with van der Waals surface area (Å²) in [6, 6.07) is 3.74. The van der Waals surface area contributed by atoms with Gasteiger partial charge in [0.1, 0.15) is 0 Å². The van der Waals surface area contributed by atoms with Gasteiger partial charge in [-0.25, -0.2) is 0 Å². The molecule has 0 spiro atoms. The molecule has 0 aromatic heterocycles. The Balaban J connectivity index is 2.67. The standard InChI is InChI=1S/C10H10ClNO/c1-6-2-3-8(11)9-7(6)4-5-12-10(9)13/h2-3H,4-5H2,1H3,(H,12,13). The summed E-state index contributed by atoms with van der Waals surface area (Å²) in [6.45, 7) is 2.72. The largest absolute Gasteiger partial charge is 0.352 e. The van der Waals surface area contributed by atoms with Crippen molar-refractivity contribution in [2.75, 3.05) is 6.54 Å². The van der Waals surface area contributed by atoms with Gasteiger partial charge < -0.3 is 5.32 Å². The fourth-order valence-corrected chi connectivity index (χ4v) is 1.94. The third-order valence-corrected chi connectivity index (χ3v) is 2.70. The van der Waals surface area contributed by atoms with Gasteiger partial charge in [0.05, 0.1) is 10.6 Å². The number of nitrogens with one attached hydrogen (secondary N) is 1. The molecule has 3 heteroatoms. The zero-order valence-electron chi connectivity index (χ0n) is 7.36. The Bertz CT molecular complexity index is 373. The maximum atomic E-state index is 11.5. The Kier molecular flexibility index (Phi) is 2.00. The van der Waals surface area contributed by atoms with E-state index in [2.05, 4.69) is 5.32 Å². The van der Waals surface area contributed by atoms with Crippen molar-refractivity contribution in [2.45, 2.75) is 13.3 Å². The topological polar surface area (TPSA) is 29.1 Å². The summed E-state index contributed by atoms with van der Waals surface area (Å²) in [5.41, 5.74) is 2.90. The van der Waals surface area contributed by atoms with Gasteiger partial charge in [0.15, 0.2) is 0 Å². The molecular weight excluding hydrogens is 186 g/mol. The van der Waals surface area contributed by atoms with Crippen LogP contribution in [0.5, 0.6) is 0 Å². The van der Waals surface area contributed by atoms with Gasteiger partial charge in [-0.1, -0.05) is 17.7 Å². The summed E-state index contributed by atoms with van der Waals surface area (Å²) >= 11 is 5.95. The minimum absolute atomic E-state index is 0.0463. The predicted octanol–water partition coefficient (Wildman–Crippen LogP) is 1.93. The highest BCUT2D eigenvalue weighted by atomic mass is 35.5. The maximum absolute atomic E-state index is 11.5. The van der Waals surface area contributed by atoms with Crippen LogP contribution in [-0.2, 0) is 6.42 Å². The van der Waals surface area contributed by atoms with Crippen LogP contribution < -0.4 is 5.32 Å². The summed E-state index contributed by atoms with van der Waals surface area (Å²) in [7, 11) is 0.